The van der Waals surface area contributed by atoms with Gasteiger partial charge < -0.3 is 5.32 Å². The highest BCUT2D eigenvalue weighted by Gasteiger charge is 2.18. The molecule has 1 aromatic rings. The monoisotopic (exact) mass is 175 g/mol. The van der Waals surface area contributed by atoms with Gasteiger partial charge >= 0.3 is 0 Å². The maximum absolute atomic E-state index is 11.0. The van der Waals surface area contributed by atoms with Crippen molar-refractivity contribution in [3.05, 3.63) is 35.9 Å². The third kappa shape index (κ3) is 1.95. The fraction of sp³-hybridized carbons (Fsp3) is 0.364. The summed E-state index contributed by atoms with van der Waals surface area (Å²) < 4.78 is 0. The van der Waals surface area contributed by atoms with Gasteiger partial charge in [-0.3, -0.25) is 4.79 Å². The van der Waals surface area contributed by atoms with Gasteiger partial charge in [0.2, 0.25) is 0 Å². The van der Waals surface area contributed by atoms with Gasteiger partial charge in [-0.25, -0.2) is 0 Å². The second kappa shape index (κ2) is 3.71. The molecule has 13 heavy (non-hydrogen) atoms. The van der Waals surface area contributed by atoms with E-state index in [1.807, 2.05) is 18.2 Å². The van der Waals surface area contributed by atoms with E-state index in [-0.39, 0.29) is 0 Å². The van der Waals surface area contributed by atoms with Crippen LogP contribution in [0.4, 0.5) is 0 Å². The molecule has 0 radical (unpaired) electrons. The molecule has 0 amide bonds. The fourth-order valence-electron chi connectivity index (χ4n) is 1.70. The van der Waals surface area contributed by atoms with Crippen LogP contribution in [0, 0.1) is 0 Å². The molecule has 2 nitrogen and oxygen atoms in total. The number of hydrogen-bond donors (Lipinski definition) is 1. The lowest BCUT2D eigenvalue weighted by Crippen LogP contribution is -2.33. The minimum atomic E-state index is 0.326. The van der Waals surface area contributed by atoms with E-state index in [2.05, 4.69) is 17.4 Å². The zero-order valence-electron chi connectivity index (χ0n) is 7.49. The maximum Gasteiger partial charge on any atom is 0.146 e. The highest BCUT2D eigenvalue weighted by atomic mass is 16.1. The van der Waals surface area contributed by atoms with Crippen molar-refractivity contribution in [3.63, 3.8) is 0 Å². The summed E-state index contributed by atoms with van der Waals surface area (Å²) in [7, 11) is 0. The molecule has 1 aromatic carbocycles. The number of ketones is 1. The van der Waals surface area contributed by atoms with Gasteiger partial charge in [0, 0.05) is 12.5 Å². The van der Waals surface area contributed by atoms with E-state index in [1.165, 1.54) is 5.56 Å². The molecule has 0 aliphatic carbocycles. The first-order valence-corrected chi connectivity index (χ1v) is 4.66. The lowest BCUT2D eigenvalue weighted by atomic mass is 9.97. The number of hydrogen-bond acceptors (Lipinski definition) is 2. The predicted octanol–water partition coefficient (Wildman–Crippen LogP) is 1.68. The van der Waals surface area contributed by atoms with E-state index in [9.17, 15) is 4.79 Å². The van der Waals surface area contributed by atoms with Crippen LogP contribution < -0.4 is 5.32 Å². The average molecular weight is 175 g/mol. The number of piperidine rings is 1. The molecule has 1 atom stereocenters. The Morgan fingerprint density at radius 2 is 2.00 bits per heavy atom. The van der Waals surface area contributed by atoms with E-state index in [0.29, 0.717) is 24.8 Å². The number of carbonyl (C=O) groups excluding carboxylic acids is 1. The molecule has 0 bridgehead atoms. The zero-order chi connectivity index (χ0) is 9.10. The lowest BCUT2D eigenvalue weighted by molar-refractivity contribution is -0.119. The van der Waals surface area contributed by atoms with Crippen molar-refractivity contribution in [3.8, 4) is 0 Å². The van der Waals surface area contributed by atoms with Crippen LogP contribution in [0.1, 0.15) is 24.4 Å². The van der Waals surface area contributed by atoms with Gasteiger partial charge in [-0.15, -0.1) is 0 Å². The molecule has 1 fully saturated rings. The average Bonchev–Trinajstić information content (AvgIpc) is 2.20. The number of benzene rings is 1. The van der Waals surface area contributed by atoms with E-state index in [4.69, 9.17) is 0 Å². The summed E-state index contributed by atoms with van der Waals surface area (Å²) in [6.45, 7) is 0.527. The summed E-state index contributed by atoms with van der Waals surface area (Å²) in [6.07, 6.45) is 1.65. The van der Waals surface area contributed by atoms with E-state index >= 15 is 0 Å². The van der Waals surface area contributed by atoms with Gasteiger partial charge in [0.15, 0.2) is 0 Å². The summed E-state index contributed by atoms with van der Waals surface area (Å²) in [6, 6.07) is 10.7. The first-order valence-electron chi connectivity index (χ1n) is 4.66. The van der Waals surface area contributed by atoms with Crippen molar-refractivity contribution < 1.29 is 4.79 Å². The molecule has 1 saturated heterocycles. The summed E-state index contributed by atoms with van der Waals surface area (Å²) in [5.74, 6) is 0.326. The minimum absolute atomic E-state index is 0.326. The zero-order valence-corrected chi connectivity index (χ0v) is 7.49. The molecule has 2 heteroatoms. The smallest absolute Gasteiger partial charge is 0.146 e. The Labute approximate surface area is 78.0 Å². The van der Waals surface area contributed by atoms with Crippen LogP contribution in [-0.2, 0) is 4.79 Å². The van der Waals surface area contributed by atoms with Crippen LogP contribution in [0.3, 0.4) is 0 Å². The second-order valence-corrected chi connectivity index (χ2v) is 3.42. The third-order valence-corrected chi connectivity index (χ3v) is 2.46. The van der Waals surface area contributed by atoms with Crippen molar-refractivity contribution in [2.45, 2.75) is 18.9 Å². The molecular formula is C11H13NO. The minimum Gasteiger partial charge on any atom is -0.303 e. The fourth-order valence-corrected chi connectivity index (χ4v) is 1.70. The van der Waals surface area contributed by atoms with Crippen LogP contribution in [0.2, 0.25) is 0 Å². The summed E-state index contributed by atoms with van der Waals surface area (Å²) >= 11 is 0. The van der Waals surface area contributed by atoms with E-state index in [1.54, 1.807) is 0 Å². The first-order chi connectivity index (χ1) is 6.36. The number of Topliss-reactive ketones (excluding diaryl/α,β-unsaturated/α-hetero) is 1. The normalized spacial score (nSPS) is 23.1. The standard InChI is InChI=1S/C11H13NO/c13-10-6-7-11(12-8-10)9-4-2-1-3-5-9/h1-5,11-12H,6-8H2. The number of rotatable bonds is 1. The Morgan fingerprint density at radius 3 is 2.62 bits per heavy atom. The van der Waals surface area contributed by atoms with Crippen LogP contribution in [0.25, 0.3) is 0 Å². The third-order valence-electron chi connectivity index (χ3n) is 2.46. The molecule has 1 heterocycles. The predicted molar refractivity (Wildman–Crippen MR) is 51.4 cm³/mol. The second-order valence-electron chi connectivity index (χ2n) is 3.42. The molecule has 0 saturated carbocycles. The molecule has 0 aromatic heterocycles. The highest BCUT2D eigenvalue weighted by molar-refractivity contribution is 5.81. The van der Waals surface area contributed by atoms with Crippen molar-refractivity contribution in [2.75, 3.05) is 6.54 Å². The topological polar surface area (TPSA) is 29.1 Å². The van der Waals surface area contributed by atoms with Gasteiger partial charge in [-0.1, -0.05) is 30.3 Å². The molecule has 1 N–H and O–H groups in total. The Bertz CT molecular complexity index is 284. The quantitative estimate of drug-likeness (QED) is 0.703. The van der Waals surface area contributed by atoms with Gasteiger partial charge in [0.1, 0.15) is 5.78 Å². The molecule has 1 aliphatic heterocycles. The summed E-state index contributed by atoms with van der Waals surface area (Å²) in [5, 5.41) is 3.24. The Morgan fingerprint density at radius 1 is 1.23 bits per heavy atom. The first kappa shape index (κ1) is 8.45. The largest absolute Gasteiger partial charge is 0.303 e. The van der Waals surface area contributed by atoms with Crippen molar-refractivity contribution in [1.29, 1.82) is 0 Å². The molecule has 2 rings (SSSR count). The van der Waals surface area contributed by atoms with Gasteiger partial charge in [-0.2, -0.15) is 0 Å². The van der Waals surface area contributed by atoms with Crippen LogP contribution >= 0.6 is 0 Å². The van der Waals surface area contributed by atoms with Gasteiger partial charge in [0.05, 0.1) is 6.54 Å². The summed E-state index contributed by atoms with van der Waals surface area (Å²) in [4.78, 5) is 11.0. The Hall–Kier alpha value is -1.15. The van der Waals surface area contributed by atoms with Crippen LogP contribution in [0.15, 0.2) is 30.3 Å². The van der Waals surface area contributed by atoms with E-state index < -0.39 is 0 Å². The van der Waals surface area contributed by atoms with Crippen molar-refractivity contribution in [2.24, 2.45) is 0 Å². The van der Waals surface area contributed by atoms with E-state index in [0.717, 1.165) is 6.42 Å². The lowest BCUT2D eigenvalue weighted by Gasteiger charge is -2.22. The molecular weight excluding hydrogens is 162 g/mol. The molecule has 1 unspecified atom stereocenters. The molecule has 68 valence electrons. The highest BCUT2D eigenvalue weighted by Crippen LogP contribution is 2.20. The van der Waals surface area contributed by atoms with Crippen molar-refractivity contribution >= 4 is 5.78 Å². The molecule has 0 spiro atoms. The number of nitrogens with one attached hydrogen (secondary N) is 1. The SMILES string of the molecule is O=C1CCC(c2ccccc2)NC1. The van der Waals surface area contributed by atoms with Crippen molar-refractivity contribution in [1.82, 2.24) is 5.32 Å². The Kier molecular flexibility index (Phi) is 2.41. The molecule has 1 aliphatic rings. The number of carbonyl (C=O) groups is 1. The summed E-state index contributed by atoms with van der Waals surface area (Å²) in [5.41, 5.74) is 1.29. The van der Waals surface area contributed by atoms with Gasteiger partial charge in [0.25, 0.3) is 0 Å². The Balaban J connectivity index is 2.07. The van der Waals surface area contributed by atoms with Crippen LogP contribution in [0.5, 0.6) is 0 Å². The van der Waals surface area contributed by atoms with Gasteiger partial charge in [-0.05, 0) is 12.0 Å². The maximum atomic E-state index is 11.0. The van der Waals surface area contributed by atoms with Crippen LogP contribution in [-0.4, -0.2) is 12.3 Å².